The van der Waals surface area contributed by atoms with Crippen molar-refractivity contribution >= 4 is 0 Å². The molecule has 1 aromatic rings. The summed E-state index contributed by atoms with van der Waals surface area (Å²) in [5.74, 6) is 0.337. The van der Waals surface area contributed by atoms with Crippen LogP contribution < -0.4 is 0 Å². The van der Waals surface area contributed by atoms with Gasteiger partial charge in [-0.1, -0.05) is 40.7 Å². The van der Waals surface area contributed by atoms with E-state index in [1.54, 1.807) is 0 Å². The number of hydrogen-bond acceptors (Lipinski definition) is 2. The molecule has 0 heterocycles. The summed E-state index contributed by atoms with van der Waals surface area (Å²) in [4.78, 5) is 0. The molecule has 108 valence electrons. The first-order valence-corrected chi connectivity index (χ1v) is 6.93. The van der Waals surface area contributed by atoms with Crippen molar-refractivity contribution in [3.05, 3.63) is 28.3 Å². The van der Waals surface area contributed by atoms with Crippen LogP contribution in [0.15, 0.2) is 6.07 Å². The van der Waals surface area contributed by atoms with Crippen molar-refractivity contribution in [2.75, 3.05) is 0 Å². The first-order chi connectivity index (χ1) is 8.49. The van der Waals surface area contributed by atoms with Crippen molar-refractivity contribution in [3.8, 4) is 5.75 Å². The SMILES string of the molecule is Cc1cc(C(C)(C)CC(C)(C)C)c(O)c(C)c1CO. The van der Waals surface area contributed by atoms with E-state index in [4.69, 9.17) is 0 Å². The lowest BCUT2D eigenvalue weighted by Gasteiger charge is -2.34. The fraction of sp³-hybridized carbons (Fsp3) is 0.647. The predicted octanol–water partition coefficient (Wildman–Crippen LogP) is 4.22. The molecule has 2 nitrogen and oxygen atoms in total. The lowest BCUT2D eigenvalue weighted by molar-refractivity contribution is 0.272. The van der Waals surface area contributed by atoms with Gasteiger partial charge >= 0.3 is 0 Å². The summed E-state index contributed by atoms with van der Waals surface area (Å²) >= 11 is 0. The van der Waals surface area contributed by atoms with Crippen LogP contribution in [0.5, 0.6) is 5.75 Å². The third kappa shape index (κ3) is 3.50. The molecule has 2 heteroatoms. The Kier molecular flexibility index (Phi) is 4.36. The summed E-state index contributed by atoms with van der Waals surface area (Å²) in [6.07, 6.45) is 0.991. The minimum absolute atomic E-state index is 0.0226. The second-order valence-corrected chi connectivity index (χ2v) is 7.47. The molecule has 0 aromatic heterocycles. The van der Waals surface area contributed by atoms with E-state index in [9.17, 15) is 10.2 Å². The summed E-state index contributed by atoms with van der Waals surface area (Å²) in [6, 6.07) is 2.03. The Morgan fingerprint density at radius 1 is 1.05 bits per heavy atom. The average molecular weight is 264 g/mol. The Morgan fingerprint density at radius 2 is 1.58 bits per heavy atom. The van der Waals surface area contributed by atoms with Gasteiger partial charge in [-0.2, -0.15) is 0 Å². The summed E-state index contributed by atoms with van der Waals surface area (Å²) < 4.78 is 0. The molecular formula is C17H28O2. The molecule has 0 aliphatic heterocycles. The molecule has 0 amide bonds. The van der Waals surface area contributed by atoms with Crippen molar-refractivity contribution < 1.29 is 10.2 Å². The fourth-order valence-electron chi connectivity index (χ4n) is 3.19. The molecular weight excluding hydrogens is 236 g/mol. The smallest absolute Gasteiger partial charge is 0.122 e. The largest absolute Gasteiger partial charge is 0.507 e. The molecule has 0 saturated heterocycles. The fourth-order valence-corrected chi connectivity index (χ4v) is 3.19. The van der Waals surface area contributed by atoms with Crippen LogP contribution in [0.4, 0.5) is 0 Å². The second kappa shape index (κ2) is 5.16. The minimum Gasteiger partial charge on any atom is -0.507 e. The number of phenolic OH excluding ortho intramolecular Hbond substituents is 1. The Hall–Kier alpha value is -1.02. The highest BCUT2D eigenvalue weighted by Crippen LogP contribution is 2.42. The predicted molar refractivity (Wildman–Crippen MR) is 80.6 cm³/mol. The zero-order valence-electron chi connectivity index (χ0n) is 13.4. The Balaban J connectivity index is 3.36. The van der Waals surface area contributed by atoms with Gasteiger partial charge in [-0.3, -0.25) is 0 Å². The van der Waals surface area contributed by atoms with Gasteiger partial charge in [0.2, 0.25) is 0 Å². The first-order valence-electron chi connectivity index (χ1n) is 6.93. The van der Waals surface area contributed by atoms with Gasteiger partial charge in [-0.15, -0.1) is 0 Å². The van der Waals surface area contributed by atoms with E-state index in [0.29, 0.717) is 5.75 Å². The molecule has 0 bridgehead atoms. The van der Waals surface area contributed by atoms with Crippen LogP contribution in [0.25, 0.3) is 0 Å². The van der Waals surface area contributed by atoms with Crippen molar-refractivity contribution in [1.29, 1.82) is 0 Å². The van der Waals surface area contributed by atoms with E-state index < -0.39 is 0 Å². The summed E-state index contributed by atoms with van der Waals surface area (Å²) in [6.45, 7) is 14.8. The molecule has 19 heavy (non-hydrogen) atoms. The number of aliphatic hydroxyl groups excluding tert-OH is 1. The molecule has 0 aliphatic rings. The zero-order valence-corrected chi connectivity index (χ0v) is 13.4. The topological polar surface area (TPSA) is 40.5 Å². The molecule has 2 N–H and O–H groups in total. The van der Waals surface area contributed by atoms with Crippen LogP contribution in [0.2, 0.25) is 0 Å². The third-order valence-corrected chi connectivity index (χ3v) is 3.76. The van der Waals surface area contributed by atoms with Crippen molar-refractivity contribution in [1.82, 2.24) is 0 Å². The second-order valence-electron chi connectivity index (χ2n) is 7.47. The van der Waals surface area contributed by atoms with Crippen LogP contribution in [0, 0.1) is 19.3 Å². The maximum Gasteiger partial charge on any atom is 0.122 e. The number of rotatable bonds is 3. The van der Waals surface area contributed by atoms with Crippen molar-refractivity contribution in [3.63, 3.8) is 0 Å². The van der Waals surface area contributed by atoms with E-state index >= 15 is 0 Å². The van der Waals surface area contributed by atoms with Gasteiger partial charge < -0.3 is 10.2 Å². The number of aryl methyl sites for hydroxylation is 1. The van der Waals surface area contributed by atoms with E-state index in [2.05, 4.69) is 34.6 Å². The van der Waals surface area contributed by atoms with Gasteiger partial charge in [0, 0.05) is 5.56 Å². The van der Waals surface area contributed by atoms with E-state index in [0.717, 1.165) is 28.7 Å². The van der Waals surface area contributed by atoms with Gasteiger partial charge in [0.25, 0.3) is 0 Å². The molecule has 1 aromatic carbocycles. The average Bonchev–Trinajstić information content (AvgIpc) is 2.20. The lowest BCUT2D eigenvalue weighted by Crippen LogP contribution is -2.25. The zero-order chi connectivity index (χ0) is 15.0. The van der Waals surface area contributed by atoms with Gasteiger partial charge in [0.05, 0.1) is 6.61 Å². The van der Waals surface area contributed by atoms with E-state index in [1.165, 1.54) is 0 Å². The number of aliphatic hydroxyl groups is 1. The molecule has 0 saturated carbocycles. The molecule has 0 aliphatic carbocycles. The van der Waals surface area contributed by atoms with Crippen molar-refractivity contribution in [2.24, 2.45) is 5.41 Å². The number of benzene rings is 1. The number of phenols is 1. The summed E-state index contributed by atoms with van der Waals surface area (Å²) in [5, 5.41) is 19.8. The summed E-state index contributed by atoms with van der Waals surface area (Å²) in [5.41, 5.74) is 3.79. The minimum atomic E-state index is -0.0914. The standard InChI is InChI=1S/C17H28O2/c1-11-8-14(15(19)12(2)13(11)9-18)17(6,7)10-16(3,4)5/h8,18-19H,9-10H2,1-7H3. The Labute approximate surface area is 117 Å². The normalized spacial score (nSPS) is 12.8. The van der Waals surface area contributed by atoms with Gasteiger partial charge in [-0.05, 0) is 47.8 Å². The van der Waals surface area contributed by atoms with Crippen LogP contribution >= 0.6 is 0 Å². The maximum atomic E-state index is 10.5. The van der Waals surface area contributed by atoms with Crippen molar-refractivity contribution in [2.45, 2.75) is 66.9 Å². The Morgan fingerprint density at radius 3 is 2.00 bits per heavy atom. The molecule has 0 spiro atoms. The lowest BCUT2D eigenvalue weighted by atomic mass is 9.71. The van der Waals surface area contributed by atoms with Gasteiger partial charge in [-0.25, -0.2) is 0 Å². The first kappa shape index (κ1) is 16.0. The van der Waals surface area contributed by atoms with E-state index in [-0.39, 0.29) is 17.4 Å². The monoisotopic (exact) mass is 264 g/mol. The highest BCUT2D eigenvalue weighted by atomic mass is 16.3. The van der Waals surface area contributed by atoms with Crippen LogP contribution in [0.3, 0.4) is 0 Å². The highest BCUT2D eigenvalue weighted by Gasteiger charge is 2.30. The van der Waals surface area contributed by atoms with Gasteiger partial charge in [0.1, 0.15) is 5.75 Å². The van der Waals surface area contributed by atoms with Gasteiger partial charge in [0.15, 0.2) is 0 Å². The number of hydrogen-bond donors (Lipinski definition) is 2. The number of aromatic hydroxyl groups is 1. The Bertz CT molecular complexity index is 465. The summed E-state index contributed by atoms with van der Waals surface area (Å²) in [7, 11) is 0. The van der Waals surface area contributed by atoms with E-state index in [1.807, 2.05) is 19.9 Å². The van der Waals surface area contributed by atoms with Crippen LogP contribution in [-0.2, 0) is 12.0 Å². The van der Waals surface area contributed by atoms with Crippen LogP contribution in [-0.4, -0.2) is 10.2 Å². The third-order valence-electron chi connectivity index (χ3n) is 3.76. The quantitative estimate of drug-likeness (QED) is 0.858. The molecule has 0 atom stereocenters. The molecule has 1 rings (SSSR count). The molecule has 0 fully saturated rings. The van der Waals surface area contributed by atoms with Crippen LogP contribution in [0.1, 0.15) is 63.3 Å². The molecule has 0 unspecified atom stereocenters. The maximum absolute atomic E-state index is 10.5. The molecule has 0 radical (unpaired) electrons. The highest BCUT2D eigenvalue weighted by molar-refractivity contribution is 5.51.